The van der Waals surface area contributed by atoms with Crippen LogP contribution in [-0.4, -0.2) is 24.0 Å². The zero-order valence-electron chi connectivity index (χ0n) is 8.16. The van der Waals surface area contributed by atoms with Gasteiger partial charge in [-0.25, -0.2) is 0 Å². The molecule has 2 heterocycles. The van der Waals surface area contributed by atoms with Crippen LogP contribution >= 0.6 is 11.3 Å². The van der Waals surface area contributed by atoms with Crippen molar-refractivity contribution in [1.29, 1.82) is 0 Å². The lowest BCUT2D eigenvalue weighted by Gasteiger charge is -2.41. The van der Waals surface area contributed by atoms with Crippen LogP contribution in [0.2, 0.25) is 0 Å². The molecule has 1 aliphatic heterocycles. The highest BCUT2D eigenvalue weighted by molar-refractivity contribution is 7.10. The molecule has 13 heavy (non-hydrogen) atoms. The Morgan fingerprint density at radius 2 is 2.31 bits per heavy atom. The zero-order valence-corrected chi connectivity index (χ0v) is 8.97. The first-order valence-electron chi connectivity index (χ1n) is 4.72. The van der Waals surface area contributed by atoms with Gasteiger partial charge in [-0.3, -0.25) is 4.90 Å². The minimum absolute atomic E-state index is 0.405. The molecule has 2 nitrogen and oxygen atoms in total. The predicted octanol–water partition coefficient (Wildman–Crippen LogP) is 1.76. The van der Waals surface area contributed by atoms with Crippen molar-refractivity contribution < 1.29 is 0 Å². The summed E-state index contributed by atoms with van der Waals surface area (Å²) in [7, 11) is 0. The quantitative estimate of drug-likeness (QED) is 0.781. The van der Waals surface area contributed by atoms with Gasteiger partial charge in [-0.05, 0) is 30.9 Å². The molecule has 0 bridgehead atoms. The Kier molecular flexibility index (Phi) is 2.41. The first kappa shape index (κ1) is 9.19. The molecule has 0 radical (unpaired) electrons. The van der Waals surface area contributed by atoms with E-state index < -0.39 is 0 Å². The summed E-state index contributed by atoms with van der Waals surface area (Å²) in [4.78, 5) is 3.93. The monoisotopic (exact) mass is 196 g/mol. The van der Waals surface area contributed by atoms with Gasteiger partial charge in [0, 0.05) is 30.1 Å². The highest BCUT2D eigenvalue weighted by atomic mass is 32.1. The summed E-state index contributed by atoms with van der Waals surface area (Å²) in [6, 6.07) is 3.15. The van der Waals surface area contributed by atoms with E-state index >= 15 is 0 Å². The molecule has 1 aromatic heterocycles. The molecule has 1 unspecified atom stereocenters. The predicted molar refractivity (Wildman–Crippen MR) is 57.0 cm³/mol. The van der Waals surface area contributed by atoms with Crippen LogP contribution in [0.1, 0.15) is 23.4 Å². The highest BCUT2D eigenvalue weighted by Crippen LogP contribution is 2.30. The fraction of sp³-hybridized carbons (Fsp3) is 0.600. The molecule has 1 aliphatic rings. The van der Waals surface area contributed by atoms with E-state index in [2.05, 4.69) is 30.2 Å². The first-order chi connectivity index (χ1) is 6.18. The molecule has 0 aromatic carbocycles. The molecular formula is C10H16N2S. The van der Waals surface area contributed by atoms with E-state index in [0.717, 1.165) is 13.1 Å². The summed E-state index contributed by atoms with van der Waals surface area (Å²) in [6.45, 7) is 6.56. The number of hydrogen-bond donors (Lipinski definition) is 1. The third-order valence-corrected chi connectivity index (χ3v) is 3.96. The zero-order chi connectivity index (χ0) is 9.42. The molecule has 1 saturated heterocycles. The van der Waals surface area contributed by atoms with E-state index in [4.69, 9.17) is 5.73 Å². The van der Waals surface area contributed by atoms with Gasteiger partial charge < -0.3 is 5.73 Å². The Morgan fingerprint density at radius 1 is 1.62 bits per heavy atom. The topological polar surface area (TPSA) is 29.3 Å². The minimum atomic E-state index is 0.405. The van der Waals surface area contributed by atoms with Crippen LogP contribution in [0.4, 0.5) is 0 Å². The van der Waals surface area contributed by atoms with E-state index in [1.807, 2.05) is 11.3 Å². The van der Waals surface area contributed by atoms with E-state index in [1.54, 1.807) is 0 Å². The second kappa shape index (κ2) is 3.40. The minimum Gasteiger partial charge on any atom is -0.325 e. The van der Waals surface area contributed by atoms with Crippen LogP contribution in [0.25, 0.3) is 0 Å². The van der Waals surface area contributed by atoms with Gasteiger partial charge in [-0.1, -0.05) is 0 Å². The van der Waals surface area contributed by atoms with Crippen LogP contribution in [-0.2, 0) is 0 Å². The van der Waals surface area contributed by atoms with Gasteiger partial charge in [0.2, 0.25) is 0 Å². The van der Waals surface area contributed by atoms with Gasteiger partial charge in [0.15, 0.2) is 0 Å². The maximum absolute atomic E-state index is 5.76. The molecule has 0 aliphatic carbocycles. The number of thiophene rings is 1. The second-order valence-electron chi connectivity index (χ2n) is 3.86. The van der Waals surface area contributed by atoms with E-state index in [0.29, 0.717) is 12.1 Å². The van der Waals surface area contributed by atoms with E-state index in [9.17, 15) is 0 Å². The standard InChI is InChI=1S/C10H16N2S/c1-7-3-4-13-10(7)8(2)12-5-9(11)6-12/h3-4,8-9H,5-6,11H2,1-2H3. The van der Waals surface area contributed by atoms with Crippen molar-refractivity contribution in [2.45, 2.75) is 25.9 Å². The average Bonchev–Trinajstić information content (AvgIpc) is 2.44. The smallest absolute Gasteiger partial charge is 0.0417 e. The molecule has 0 spiro atoms. The lowest BCUT2D eigenvalue weighted by molar-refractivity contribution is 0.105. The summed E-state index contributed by atoms with van der Waals surface area (Å²) < 4.78 is 0. The molecule has 1 atom stereocenters. The largest absolute Gasteiger partial charge is 0.325 e. The number of hydrogen-bond acceptors (Lipinski definition) is 3. The van der Waals surface area contributed by atoms with Gasteiger partial charge in [0.1, 0.15) is 0 Å². The van der Waals surface area contributed by atoms with Crippen molar-refractivity contribution >= 4 is 11.3 Å². The molecule has 1 aromatic rings. The number of nitrogens with two attached hydrogens (primary N) is 1. The molecular weight excluding hydrogens is 180 g/mol. The Bertz CT molecular complexity index is 289. The molecule has 72 valence electrons. The fourth-order valence-corrected chi connectivity index (χ4v) is 2.86. The Labute approximate surface area is 83.4 Å². The van der Waals surface area contributed by atoms with Crippen molar-refractivity contribution in [3.63, 3.8) is 0 Å². The van der Waals surface area contributed by atoms with E-state index in [1.165, 1.54) is 10.4 Å². The lowest BCUT2D eigenvalue weighted by atomic mass is 10.0. The van der Waals surface area contributed by atoms with Gasteiger partial charge in [0.05, 0.1) is 0 Å². The molecule has 2 N–H and O–H groups in total. The van der Waals surface area contributed by atoms with Crippen molar-refractivity contribution in [1.82, 2.24) is 4.90 Å². The van der Waals surface area contributed by atoms with Crippen LogP contribution in [0.3, 0.4) is 0 Å². The fourth-order valence-electron chi connectivity index (χ4n) is 1.84. The van der Waals surface area contributed by atoms with Gasteiger partial charge >= 0.3 is 0 Å². The summed E-state index contributed by atoms with van der Waals surface area (Å²) in [6.07, 6.45) is 0. The van der Waals surface area contributed by atoms with Crippen LogP contribution in [0, 0.1) is 6.92 Å². The van der Waals surface area contributed by atoms with Crippen LogP contribution in [0.5, 0.6) is 0 Å². The van der Waals surface area contributed by atoms with Gasteiger partial charge in [-0.15, -0.1) is 11.3 Å². The van der Waals surface area contributed by atoms with Crippen LogP contribution in [0.15, 0.2) is 11.4 Å². The maximum atomic E-state index is 5.76. The molecule has 0 saturated carbocycles. The molecule has 2 rings (SSSR count). The number of aryl methyl sites for hydroxylation is 1. The first-order valence-corrected chi connectivity index (χ1v) is 5.60. The molecule has 3 heteroatoms. The summed E-state index contributed by atoms with van der Waals surface area (Å²) in [5.41, 5.74) is 7.17. The van der Waals surface area contributed by atoms with Gasteiger partial charge in [-0.2, -0.15) is 0 Å². The van der Waals surface area contributed by atoms with Crippen molar-refractivity contribution in [3.05, 3.63) is 21.9 Å². The number of nitrogens with zero attached hydrogens (tertiary/aromatic N) is 1. The van der Waals surface area contributed by atoms with Crippen molar-refractivity contribution in [2.24, 2.45) is 5.73 Å². The summed E-state index contributed by atoms with van der Waals surface area (Å²) in [5, 5.41) is 2.17. The third kappa shape index (κ3) is 1.64. The van der Waals surface area contributed by atoms with Crippen molar-refractivity contribution in [3.8, 4) is 0 Å². The Balaban J connectivity index is 2.05. The molecule has 1 fully saturated rings. The van der Waals surface area contributed by atoms with E-state index in [-0.39, 0.29) is 0 Å². The summed E-state index contributed by atoms with van der Waals surface area (Å²) >= 11 is 1.85. The molecule has 0 amide bonds. The SMILES string of the molecule is Cc1ccsc1C(C)N1CC(N)C1. The normalized spacial score (nSPS) is 21.5. The lowest BCUT2D eigenvalue weighted by Crippen LogP contribution is -2.56. The highest BCUT2D eigenvalue weighted by Gasteiger charge is 2.29. The van der Waals surface area contributed by atoms with Crippen molar-refractivity contribution in [2.75, 3.05) is 13.1 Å². The average molecular weight is 196 g/mol. The summed E-state index contributed by atoms with van der Waals surface area (Å²) in [5.74, 6) is 0. The third-order valence-electron chi connectivity index (χ3n) is 2.77. The Hall–Kier alpha value is -0.380. The number of rotatable bonds is 2. The Morgan fingerprint density at radius 3 is 2.77 bits per heavy atom. The maximum Gasteiger partial charge on any atom is 0.0417 e. The van der Waals surface area contributed by atoms with Crippen LogP contribution < -0.4 is 5.73 Å². The van der Waals surface area contributed by atoms with Gasteiger partial charge in [0.25, 0.3) is 0 Å². The second-order valence-corrected chi connectivity index (χ2v) is 4.81. The number of likely N-dealkylation sites (tertiary alicyclic amines) is 1.